The summed E-state index contributed by atoms with van der Waals surface area (Å²) in [6.07, 6.45) is 2.17. The van der Waals surface area contributed by atoms with Crippen LogP contribution >= 0.6 is 11.8 Å². The van der Waals surface area contributed by atoms with Gasteiger partial charge in [0.2, 0.25) is 5.91 Å². The lowest BCUT2D eigenvalue weighted by atomic mass is 10.1. The van der Waals surface area contributed by atoms with E-state index in [0.29, 0.717) is 6.04 Å². The zero-order valence-electron chi connectivity index (χ0n) is 16.3. The van der Waals surface area contributed by atoms with Gasteiger partial charge in [0, 0.05) is 11.6 Å². The summed E-state index contributed by atoms with van der Waals surface area (Å²) >= 11 is 1.45. The Hall–Kier alpha value is -2.60. The highest BCUT2D eigenvalue weighted by molar-refractivity contribution is 8.00. The Balaban J connectivity index is 1.72. The Morgan fingerprint density at radius 3 is 2.54 bits per heavy atom. The van der Waals surface area contributed by atoms with Crippen LogP contribution in [0.15, 0.2) is 53.7 Å². The minimum absolute atomic E-state index is 0.0587. The highest BCUT2D eigenvalue weighted by Crippen LogP contribution is 2.31. The van der Waals surface area contributed by atoms with Crippen LogP contribution in [0.25, 0.3) is 17.1 Å². The average Bonchev–Trinajstić information content (AvgIpc) is 3.42. The summed E-state index contributed by atoms with van der Waals surface area (Å²) in [5.41, 5.74) is 4.45. The molecule has 1 fully saturated rings. The van der Waals surface area contributed by atoms with Gasteiger partial charge in [0.1, 0.15) is 0 Å². The SMILES string of the molecule is Cc1ccc(-n2c(SC(C)C(=O)NC3CC3)nnc2-c2ccccc2)cc1C. The zero-order valence-corrected chi connectivity index (χ0v) is 17.2. The largest absolute Gasteiger partial charge is 0.352 e. The summed E-state index contributed by atoms with van der Waals surface area (Å²) < 4.78 is 2.05. The van der Waals surface area contributed by atoms with Crippen molar-refractivity contribution in [2.24, 2.45) is 0 Å². The number of thioether (sulfide) groups is 1. The minimum Gasteiger partial charge on any atom is -0.352 e. The molecule has 0 spiro atoms. The highest BCUT2D eigenvalue weighted by Gasteiger charge is 2.27. The normalized spacial score (nSPS) is 14.7. The quantitative estimate of drug-likeness (QED) is 0.635. The number of hydrogen-bond acceptors (Lipinski definition) is 4. The molecule has 2 aromatic carbocycles. The highest BCUT2D eigenvalue weighted by atomic mass is 32.2. The number of benzene rings is 2. The van der Waals surface area contributed by atoms with Gasteiger partial charge in [0.05, 0.1) is 10.9 Å². The molecule has 28 heavy (non-hydrogen) atoms. The van der Waals surface area contributed by atoms with Crippen LogP contribution in [0.1, 0.15) is 30.9 Å². The lowest BCUT2D eigenvalue weighted by Crippen LogP contribution is -2.32. The minimum atomic E-state index is -0.237. The summed E-state index contributed by atoms with van der Waals surface area (Å²) in [7, 11) is 0. The van der Waals surface area contributed by atoms with Gasteiger partial charge in [0.15, 0.2) is 11.0 Å². The van der Waals surface area contributed by atoms with Crippen LogP contribution in [-0.4, -0.2) is 32.0 Å². The molecule has 1 amide bonds. The van der Waals surface area contributed by atoms with Crippen molar-refractivity contribution >= 4 is 17.7 Å². The number of amides is 1. The Kier molecular flexibility index (Phi) is 5.22. The number of hydrogen-bond donors (Lipinski definition) is 1. The Morgan fingerprint density at radius 1 is 1.11 bits per heavy atom. The molecule has 1 heterocycles. The zero-order chi connectivity index (χ0) is 19.7. The molecule has 6 heteroatoms. The molecule has 0 bridgehead atoms. The first-order chi connectivity index (χ1) is 13.5. The number of carbonyl (C=O) groups is 1. The van der Waals surface area contributed by atoms with Crippen LogP contribution in [0, 0.1) is 13.8 Å². The molecule has 4 rings (SSSR count). The third-order valence-electron chi connectivity index (χ3n) is 4.99. The van der Waals surface area contributed by atoms with Crippen LogP contribution in [0.4, 0.5) is 0 Å². The van der Waals surface area contributed by atoms with Crippen molar-refractivity contribution < 1.29 is 4.79 Å². The van der Waals surface area contributed by atoms with Gasteiger partial charge in [-0.15, -0.1) is 10.2 Å². The van der Waals surface area contributed by atoms with E-state index in [4.69, 9.17) is 0 Å². The molecule has 0 radical (unpaired) electrons. The molecule has 1 N–H and O–H groups in total. The number of nitrogens with one attached hydrogen (secondary N) is 1. The molecule has 3 aromatic rings. The maximum absolute atomic E-state index is 12.4. The fourth-order valence-corrected chi connectivity index (χ4v) is 3.85. The summed E-state index contributed by atoms with van der Waals surface area (Å²) in [4.78, 5) is 12.4. The van der Waals surface area contributed by atoms with E-state index in [1.54, 1.807) is 0 Å². The Morgan fingerprint density at radius 2 is 1.86 bits per heavy atom. The molecule has 5 nitrogen and oxygen atoms in total. The lowest BCUT2D eigenvalue weighted by molar-refractivity contribution is -0.120. The van der Waals surface area contributed by atoms with Gasteiger partial charge < -0.3 is 5.32 Å². The van der Waals surface area contributed by atoms with E-state index < -0.39 is 0 Å². The van der Waals surface area contributed by atoms with Gasteiger partial charge in [-0.05, 0) is 56.9 Å². The first-order valence-electron chi connectivity index (χ1n) is 9.58. The van der Waals surface area contributed by atoms with E-state index in [-0.39, 0.29) is 11.2 Å². The fourth-order valence-electron chi connectivity index (χ4n) is 2.98. The van der Waals surface area contributed by atoms with E-state index >= 15 is 0 Å². The Bertz CT molecular complexity index is 995. The Labute approximate surface area is 169 Å². The number of rotatable bonds is 6. The second-order valence-corrected chi connectivity index (χ2v) is 8.63. The third kappa shape index (κ3) is 3.97. The van der Waals surface area contributed by atoms with Crippen molar-refractivity contribution in [2.45, 2.75) is 50.1 Å². The third-order valence-corrected chi connectivity index (χ3v) is 6.03. The van der Waals surface area contributed by atoms with Crippen molar-refractivity contribution in [3.05, 3.63) is 59.7 Å². The van der Waals surface area contributed by atoms with Gasteiger partial charge in [-0.2, -0.15) is 0 Å². The molecule has 0 aliphatic heterocycles. The van der Waals surface area contributed by atoms with E-state index in [1.807, 2.05) is 41.8 Å². The van der Waals surface area contributed by atoms with Gasteiger partial charge in [-0.1, -0.05) is 48.2 Å². The van der Waals surface area contributed by atoms with E-state index in [9.17, 15) is 4.79 Å². The molecule has 144 valence electrons. The molecule has 1 saturated carbocycles. The standard InChI is InChI=1S/C22H24N4OS/c1-14-9-12-19(13-15(14)2)26-20(17-7-5-4-6-8-17)24-25-22(26)28-16(3)21(27)23-18-10-11-18/h4-9,12-13,16,18H,10-11H2,1-3H3,(H,23,27). The molecule has 0 saturated heterocycles. The second kappa shape index (κ2) is 7.80. The molecular weight excluding hydrogens is 368 g/mol. The summed E-state index contributed by atoms with van der Waals surface area (Å²) in [5.74, 6) is 0.838. The van der Waals surface area contributed by atoms with Crippen molar-refractivity contribution in [1.82, 2.24) is 20.1 Å². The number of carbonyl (C=O) groups excluding carboxylic acids is 1. The first-order valence-corrected chi connectivity index (χ1v) is 10.5. The summed E-state index contributed by atoms with van der Waals surface area (Å²) in [6.45, 7) is 6.12. The fraction of sp³-hybridized carbons (Fsp3) is 0.318. The van der Waals surface area contributed by atoms with Gasteiger partial charge in [-0.25, -0.2) is 0 Å². The van der Waals surface area contributed by atoms with Crippen LogP contribution in [0.2, 0.25) is 0 Å². The van der Waals surface area contributed by atoms with E-state index in [2.05, 4.69) is 47.6 Å². The van der Waals surface area contributed by atoms with E-state index in [1.165, 1.54) is 22.9 Å². The van der Waals surface area contributed by atoms with Crippen molar-refractivity contribution in [3.63, 3.8) is 0 Å². The maximum Gasteiger partial charge on any atom is 0.233 e. The summed E-state index contributed by atoms with van der Waals surface area (Å²) in [6, 6.07) is 16.7. The predicted molar refractivity (Wildman–Crippen MR) is 113 cm³/mol. The maximum atomic E-state index is 12.4. The van der Waals surface area contributed by atoms with Crippen LogP contribution in [0.3, 0.4) is 0 Å². The molecular formula is C22H24N4OS. The van der Waals surface area contributed by atoms with Gasteiger partial charge in [-0.3, -0.25) is 9.36 Å². The number of aromatic nitrogens is 3. The van der Waals surface area contributed by atoms with Gasteiger partial charge in [0.25, 0.3) is 0 Å². The molecule has 1 unspecified atom stereocenters. The number of aryl methyl sites for hydroxylation is 2. The lowest BCUT2D eigenvalue weighted by Gasteiger charge is -2.14. The monoisotopic (exact) mass is 392 g/mol. The summed E-state index contributed by atoms with van der Waals surface area (Å²) in [5, 5.41) is 12.5. The smallest absolute Gasteiger partial charge is 0.233 e. The molecule has 1 atom stereocenters. The van der Waals surface area contributed by atoms with Crippen molar-refractivity contribution in [2.75, 3.05) is 0 Å². The van der Waals surface area contributed by atoms with Crippen LogP contribution < -0.4 is 5.32 Å². The predicted octanol–water partition coefficient (Wildman–Crippen LogP) is 4.31. The topological polar surface area (TPSA) is 59.8 Å². The average molecular weight is 393 g/mol. The second-order valence-electron chi connectivity index (χ2n) is 7.32. The van der Waals surface area contributed by atoms with Crippen LogP contribution in [0.5, 0.6) is 0 Å². The van der Waals surface area contributed by atoms with E-state index in [0.717, 1.165) is 35.1 Å². The molecule has 1 aliphatic carbocycles. The molecule has 1 aromatic heterocycles. The number of nitrogens with zero attached hydrogens (tertiary/aromatic N) is 3. The van der Waals surface area contributed by atoms with Crippen LogP contribution in [-0.2, 0) is 4.79 Å². The van der Waals surface area contributed by atoms with Gasteiger partial charge >= 0.3 is 0 Å². The first kappa shape index (κ1) is 18.7. The van der Waals surface area contributed by atoms with Crippen molar-refractivity contribution in [1.29, 1.82) is 0 Å². The van der Waals surface area contributed by atoms with Crippen molar-refractivity contribution in [3.8, 4) is 17.1 Å². The molecule has 1 aliphatic rings.